The van der Waals surface area contributed by atoms with Crippen LogP contribution in [0.15, 0.2) is 30.3 Å². The van der Waals surface area contributed by atoms with Gasteiger partial charge in [-0.15, -0.1) is 0 Å². The molecule has 27 heavy (non-hydrogen) atoms. The van der Waals surface area contributed by atoms with E-state index >= 15 is 0 Å². The fourth-order valence-electron chi connectivity index (χ4n) is 3.79. The number of rotatable bonds is 5. The second-order valence-electron chi connectivity index (χ2n) is 7.35. The van der Waals surface area contributed by atoms with Gasteiger partial charge >= 0.3 is 0 Å². The first kappa shape index (κ1) is 19.2. The number of aryl methyl sites for hydroxylation is 2. The van der Waals surface area contributed by atoms with Crippen LogP contribution in [0.5, 0.6) is 0 Å². The van der Waals surface area contributed by atoms with Crippen molar-refractivity contribution in [3.8, 4) is 5.69 Å². The van der Waals surface area contributed by atoms with Crippen molar-refractivity contribution in [2.24, 2.45) is 11.1 Å². The largest absolute Gasteiger partial charge is 0.381 e. The second kappa shape index (κ2) is 7.56. The second-order valence-corrected chi connectivity index (χ2v) is 7.35. The number of hydrogen-bond donors (Lipinski definition) is 2. The lowest BCUT2D eigenvalue weighted by molar-refractivity contribution is -0.132. The molecule has 0 bridgehead atoms. The molecule has 0 unspecified atom stereocenters. The molecule has 1 aliphatic heterocycles. The molecule has 144 valence electrons. The minimum absolute atomic E-state index is 0.185. The van der Waals surface area contributed by atoms with E-state index in [2.05, 4.69) is 22.9 Å². The standard InChI is InChI=1S/C21H27N3O3/c1-14-6-4-5-7-18(14)24-15(2)12-17(16(24)3)19(25)23-13-21(20(22)26)8-10-27-11-9-21/h4-7,12H,8-11,13H2,1-3H3,(H2,22,26)(H,23,25). The summed E-state index contributed by atoms with van der Waals surface area (Å²) in [6, 6.07) is 9.97. The van der Waals surface area contributed by atoms with Crippen LogP contribution in [0.4, 0.5) is 0 Å². The summed E-state index contributed by atoms with van der Waals surface area (Å²) in [5.41, 5.74) is 9.58. The van der Waals surface area contributed by atoms with Crippen LogP contribution in [0.1, 0.15) is 40.2 Å². The van der Waals surface area contributed by atoms with Crippen molar-refractivity contribution in [3.63, 3.8) is 0 Å². The van der Waals surface area contributed by atoms with Gasteiger partial charge in [-0.1, -0.05) is 18.2 Å². The Morgan fingerprint density at radius 3 is 2.48 bits per heavy atom. The molecule has 1 aliphatic rings. The number of nitrogens with two attached hydrogens (primary N) is 1. The van der Waals surface area contributed by atoms with Crippen LogP contribution in [-0.4, -0.2) is 36.1 Å². The number of nitrogens with zero attached hydrogens (tertiary/aromatic N) is 1. The molecule has 0 saturated carbocycles. The number of carbonyl (C=O) groups excluding carboxylic acids is 2. The first-order valence-electron chi connectivity index (χ1n) is 9.26. The quantitative estimate of drug-likeness (QED) is 0.849. The van der Waals surface area contributed by atoms with Gasteiger partial charge in [0.25, 0.3) is 5.91 Å². The van der Waals surface area contributed by atoms with E-state index in [1.165, 1.54) is 0 Å². The molecule has 2 aromatic rings. The Morgan fingerprint density at radius 1 is 1.19 bits per heavy atom. The molecular formula is C21H27N3O3. The SMILES string of the molecule is Cc1ccccc1-n1c(C)cc(C(=O)NCC2(C(N)=O)CCOCC2)c1C. The number of hydrogen-bond acceptors (Lipinski definition) is 3. The molecule has 1 fully saturated rings. The zero-order chi connectivity index (χ0) is 19.6. The lowest BCUT2D eigenvalue weighted by Gasteiger charge is -2.34. The van der Waals surface area contributed by atoms with Crippen molar-refractivity contribution < 1.29 is 14.3 Å². The Kier molecular flexibility index (Phi) is 5.37. The highest BCUT2D eigenvalue weighted by Crippen LogP contribution is 2.30. The predicted molar refractivity (Wildman–Crippen MR) is 104 cm³/mol. The first-order chi connectivity index (χ1) is 12.9. The Bertz CT molecular complexity index is 864. The summed E-state index contributed by atoms with van der Waals surface area (Å²) < 4.78 is 7.43. The third-order valence-electron chi connectivity index (χ3n) is 5.59. The van der Waals surface area contributed by atoms with Crippen LogP contribution in [0.2, 0.25) is 0 Å². The van der Waals surface area contributed by atoms with Crippen molar-refractivity contribution >= 4 is 11.8 Å². The zero-order valence-corrected chi connectivity index (χ0v) is 16.2. The summed E-state index contributed by atoms with van der Waals surface area (Å²) in [7, 11) is 0. The van der Waals surface area contributed by atoms with Gasteiger partial charge in [-0.05, 0) is 51.3 Å². The highest BCUT2D eigenvalue weighted by Gasteiger charge is 2.39. The summed E-state index contributed by atoms with van der Waals surface area (Å²) in [5.74, 6) is -0.563. The maximum atomic E-state index is 12.8. The number of para-hydroxylation sites is 1. The minimum atomic E-state index is -0.727. The smallest absolute Gasteiger partial charge is 0.253 e. The van der Waals surface area contributed by atoms with E-state index in [9.17, 15) is 9.59 Å². The topological polar surface area (TPSA) is 86.4 Å². The Hall–Kier alpha value is -2.60. The lowest BCUT2D eigenvalue weighted by atomic mass is 9.79. The summed E-state index contributed by atoms with van der Waals surface area (Å²) in [4.78, 5) is 24.8. The number of amides is 2. The molecule has 3 N–H and O–H groups in total. The fourth-order valence-corrected chi connectivity index (χ4v) is 3.79. The molecule has 0 radical (unpaired) electrons. The van der Waals surface area contributed by atoms with E-state index in [0.29, 0.717) is 31.6 Å². The van der Waals surface area contributed by atoms with E-state index in [4.69, 9.17) is 10.5 Å². The number of benzene rings is 1. The summed E-state index contributed by atoms with van der Waals surface area (Å²) in [6.45, 7) is 7.18. The van der Waals surface area contributed by atoms with Gasteiger partial charge in [0.1, 0.15) is 0 Å². The van der Waals surface area contributed by atoms with Crippen molar-refractivity contribution in [3.05, 3.63) is 52.8 Å². The Morgan fingerprint density at radius 2 is 1.85 bits per heavy atom. The molecule has 1 aromatic carbocycles. The summed E-state index contributed by atoms with van der Waals surface area (Å²) in [5, 5.41) is 2.93. The monoisotopic (exact) mass is 369 g/mol. The molecule has 0 spiro atoms. The van der Waals surface area contributed by atoms with Crippen molar-refractivity contribution in [1.29, 1.82) is 0 Å². The van der Waals surface area contributed by atoms with Crippen LogP contribution >= 0.6 is 0 Å². The Labute approximate surface area is 159 Å². The number of aromatic nitrogens is 1. The number of primary amides is 1. The van der Waals surface area contributed by atoms with Crippen molar-refractivity contribution in [1.82, 2.24) is 9.88 Å². The van der Waals surface area contributed by atoms with Gasteiger partial charge < -0.3 is 20.4 Å². The van der Waals surface area contributed by atoms with Gasteiger partial charge in [0.2, 0.25) is 5.91 Å². The molecule has 6 nitrogen and oxygen atoms in total. The van der Waals surface area contributed by atoms with Gasteiger partial charge in [-0.3, -0.25) is 9.59 Å². The van der Waals surface area contributed by atoms with Crippen LogP contribution in [0.3, 0.4) is 0 Å². The molecule has 1 aromatic heterocycles. The third-order valence-corrected chi connectivity index (χ3v) is 5.59. The maximum absolute atomic E-state index is 12.8. The van der Waals surface area contributed by atoms with E-state index < -0.39 is 5.41 Å². The summed E-state index contributed by atoms with van der Waals surface area (Å²) in [6.07, 6.45) is 1.07. The van der Waals surface area contributed by atoms with E-state index in [-0.39, 0.29) is 18.4 Å². The molecular weight excluding hydrogens is 342 g/mol. The highest BCUT2D eigenvalue weighted by molar-refractivity contribution is 5.96. The molecule has 0 atom stereocenters. The van der Waals surface area contributed by atoms with Gasteiger partial charge in [-0.2, -0.15) is 0 Å². The fraction of sp³-hybridized carbons (Fsp3) is 0.429. The van der Waals surface area contributed by atoms with E-state index in [0.717, 1.165) is 22.6 Å². The van der Waals surface area contributed by atoms with E-state index in [1.807, 2.05) is 38.1 Å². The van der Waals surface area contributed by atoms with Crippen LogP contribution in [0, 0.1) is 26.2 Å². The highest BCUT2D eigenvalue weighted by atomic mass is 16.5. The summed E-state index contributed by atoms with van der Waals surface area (Å²) >= 11 is 0. The molecule has 0 aliphatic carbocycles. The average molecular weight is 369 g/mol. The first-order valence-corrected chi connectivity index (χ1v) is 9.26. The van der Waals surface area contributed by atoms with Gasteiger partial charge in [-0.25, -0.2) is 0 Å². The Balaban J connectivity index is 1.83. The number of carbonyl (C=O) groups is 2. The number of ether oxygens (including phenoxy) is 1. The maximum Gasteiger partial charge on any atom is 0.253 e. The molecule has 2 heterocycles. The molecule has 1 saturated heterocycles. The van der Waals surface area contributed by atoms with Crippen LogP contribution < -0.4 is 11.1 Å². The third kappa shape index (κ3) is 3.62. The van der Waals surface area contributed by atoms with Crippen molar-refractivity contribution in [2.75, 3.05) is 19.8 Å². The van der Waals surface area contributed by atoms with Gasteiger partial charge in [0, 0.05) is 36.8 Å². The molecule has 6 heteroatoms. The average Bonchev–Trinajstić information content (AvgIpc) is 2.95. The predicted octanol–water partition coefficient (Wildman–Crippen LogP) is 2.41. The van der Waals surface area contributed by atoms with Crippen molar-refractivity contribution in [2.45, 2.75) is 33.6 Å². The zero-order valence-electron chi connectivity index (χ0n) is 16.2. The van der Waals surface area contributed by atoms with Gasteiger partial charge in [0.15, 0.2) is 0 Å². The van der Waals surface area contributed by atoms with Gasteiger partial charge in [0.05, 0.1) is 11.0 Å². The lowest BCUT2D eigenvalue weighted by Crippen LogP contribution is -2.49. The molecule has 3 rings (SSSR count). The molecule has 2 amide bonds. The van der Waals surface area contributed by atoms with Crippen LogP contribution in [-0.2, 0) is 9.53 Å². The number of nitrogens with one attached hydrogen (secondary N) is 1. The van der Waals surface area contributed by atoms with Crippen LogP contribution in [0.25, 0.3) is 5.69 Å². The van der Waals surface area contributed by atoms with E-state index in [1.54, 1.807) is 0 Å². The normalized spacial score (nSPS) is 16.1. The minimum Gasteiger partial charge on any atom is -0.381 e.